The van der Waals surface area contributed by atoms with E-state index in [-0.39, 0.29) is 5.91 Å². The molecule has 1 amide bonds. The van der Waals surface area contributed by atoms with E-state index >= 15 is 0 Å². The Kier molecular flexibility index (Phi) is 5.22. The number of halogens is 2. The zero-order chi connectivity index (χ0) is 13.1. The summed E-state index contributed by atoms with van der Waals surface area (Å²) in [4.78, 5) is 12.0. The van der Waals surface area contributed by atoms with Gasteiger partial charge in [-0.25, -0.2) is 0 Å². The maximum absolute atomic E-state index is 12.0. The van der Waals surface area contributed by atoms with Gasteiger partial charge in [0.05, 0.1) is 16.2 Å². The molecule has 0 fully saturated rings. The van der Waals surface area contributed by atoms with Crippen molar-refractivity contribution in [3.05, 3.63) is 26.8 Å². The highest BCUT2D eigenvalue weighted by molar-refractivity contribution is 14.1. The number of benzene rings is 1. The third-order valence-corrected chi connectivity index (χ3v) is 3.35. The lowest BCUT2D eigenvalue weighted by atomic mass is 10.0. The van der Waals surface area contributed by atoms with Gasteiger partial charge in [-0.2, -0.15) is 0 Å². The molecule has 1 aromatic rings. The van der Waals surface area contributed by atoms with Crippen LogP contribution in [0.25, 0.3) is 0 Å². The fraction of sp³-hybridized carbons (Fsp3) is 0.417. The molecule has 0 saturated heterocycles. The van der Waals surface area contributed by atoms with E-state index in [1.807, 2.05) is 39.0 Å². The fourth-order valence-corrected chi connectivity index (χ4v) is 2.29. The normalized spacial score (nSPS) is 11.4. The van der Waals surface area contributed by atoms with E-state index in [1.165, 1.54) is 0 Å². The average Bonchev–Trinajstić information content (AvgIpc) is 2.22. The first-order valence-electron chi connectivity index (χ1n) is 5.38. The first kappa shape index (κ1) is 14.7. The summed E-state index contributed by atoms with van der Waals surface area (Å²) in [7, 11) is 0. The largest absolute Gasteiger partial charge is 0.323 e. The molecule has 1 rings (SSSR count). The van der Waals surface area contributed by atoms with Crippen LogP contribution in [0.2, 0.25) is 5.02 Å². The Morgan fingerprint density at radius 2 is 2.12 bits per heavy atom. The third kappa shape index (κ3) is 4.12. The summed E-state index contributed by atoms with van der Waals surface area (Å²) in [5.41, 5.74) is 0.0317. The first-order valence-corrected chi connectivity index (χ1v) is 6.84. The van der Waals surface area contributed by atoms with Crippen molar-refractivity contribution in [2.75, 3.05) is 11.9 Å². The quantitative estimate of drug-likeness (QED) is 0.803. The predicted octanol–water partition coefficient (Wildman–Crippen LogP) is 3.27. The number of nitrogens with one attached hydrogen (secondary N) is 2. The van der Waals surface area contributed by atoms with E-state index < -0.39 is 5.54 Å². The van der Waals surface area contributed by atoms with Gasteiger partial charge in [-0.15, -0.1) is 0 Å². The maximum atomic E-state index is 12.0. The van der Waals surface area contributed by atoms with Gasteiger partial charge >= 0.3 is 0 Å². The van der Waals surface area contributed by atoms with Crippen LogP contribution >= 0.6 is 34.2 Å². The van der Waals surface area contributed by atoms with Crippen LogP contribution in [-0.2, 0) is 4.79 Å². The monoisotopic (exact) mass is 366 g/mol. The molecule has 0 atom stereocenters. The van der Waals surface area contributed by atoms with Gasteiger partial charge in [0.25, 0.3) is 0 Å². The summed E-state index contributed by atoms with van der Waals surface area (Å²) in [5.74, 6) is -0.0949. The lowest BCUT2D eigenvalue weighted by Crippen LogP contribution is -2.49. The van der Waals surface area contributed by atoms with Gasteiger partial charge in [0.1, 0.15) is 0 Å². The Bertz CT molecular complexity index is 421. The molecule has 0 aromatic heterocycles. The second-order valence-corrected chi connectivity index (χ2v) is 5.89. The molecule has 5 heteroatoms. The van der Waals surface area contributed by atoms with Crippen LogP contribution in [0.1, 0.15) is 20.8 Å². The van der Waals surface area contributed by atoms with Crippen LogP contribution in [0.5, 0.6) is 0 Å². The molecule has 0 aliphatic heterocycles. The number of carbonyl (C=O) groups is 1. The molecular formula is C12H16ClIN2O. The smallest absolute Gasteiger partial charge is 0.244 e. The Morgan fingerprint density at radius 1 is 1.47 bits per heavy atom. The van der Waals surface area contributed by atoms with Crippen LogP contribution in [0, 0.1) is 3.57 Å². The number of likely N-dealkylation sites (N-methyl/N-ethyl adjacent to an activating group) is 1. The maximum Gasteiger partial charge on any atom is 0.244 e. The van der Waals surface area contributed by atoms with Gasteiger partial charge in [-0.3, -0.25) is 4.79 Å². The minimum atomic E-state index is -0.610. The number of anilines is 1. The number of hydrogen-bond acceptors (Lipinski definition) is 2. The Balaban J connectivity index is 2.81. The van der Waals surface area contributed by atoms with E-state index in [2.05, 4.69) is 33.2 Å². The Labute approximate surface area is 120 Å². The summed E-state index contributed by atoms with van der Waals surface area (Å²) < 4.78 is 1.04. The molecule has 0 aliphatic rings. The predicted molar refractivity (Wildman–Crippen MR) is 80.6 cm³/mol. The molecule has 17 heavy (non-hydrogen) atoms. The minimum Gasteiger partial charge on any atom is -0.323 e. The topological polar surface area (TPSA) is 41.1 Å². The fourth-order valence-electron chi connectivity index (χ4n) is 1.39. The minimum absolute atomic E-state index is 0.0949. The van der Waals surface area contributed by atoms with E-state index in [4.69, 9.17) is 11.6 Å². The number of carbonyl (C=O) groups excluding carboxylic acids is 1. The van der Waals surface area contributed by atoms with Crippen LogP contribution in [0.15, 0.2) is 18.2 Å². The molecule has 94 valence electrons. The standard InChI is InChI=1S/C12H16ClIN2O/c1-4-15-12(2,3)11(17)16-10-6-5-8(14)7-9(10)13/h5-7,15H,4H2,1-3H3,(H,16,17). The van der Waals surface area contributed by atoms with Crippen molar-refractivity contribution in [3.8, 4) is 0 Å². The summed E-state index contributed by atoms with van der Waals surface area (Å²) in [5, 5.41) is 6.50. The van der Waals surface area contributed by atoms with Gasteiger partial charge in [0, 0.05) is 3.57 Å². The molecule has 0 bridgehead atoms. The number of rotatable bonds is 4. The molecule has 0 heterocycles. The summed E-state index contributed by atoms with van der Waals surface area (Å²) in [6.45, 7) is 6.38. The second-order valence-electron chi connectivity index (χ2n) is 4.23. The number of hydrogen-bond donors (Lipinski definition) is 2. The summed E-state index contributed by atoms with van der Waals surface area (Å²) in [6, 6.07) is 5.53. The highest BCUT2D eigenvalue weighted by Crippen LogP contribution is 2.24. The van der Waals surface area contributed by atoms with Crippen molar-refractivity contribution in [1.82, 2.24) is 5.32 Å². The SMILES string of the molecule is CCNC(C)(C)C(=O)Nc1ccc(I)cc1Cl. The average molecular weight is 367 g/mol. The van der Waals surface area contributed by atoms with Gasteiger partial charge in [0.15, 0.2) is 0 Å². The van der Waals surface area contributed by atoms with Crippen LogP contribution in [-0.4, -0.2) is 18.0 Å². The first-order chi connectivity index (χ1) is 7.86. The highest BCUT2D eigenvalue weighted by Gasteiger charge is 2.26. The summed E-state index contributed by atoms with van der Waals surface area (Å²) >= 11 is 8.24. The van der Waals surface area contributed by atoms with Gasteiger partial charge in [-0.05, 0) is 61.2 Å². The van der Waals surface area contributed by atoms with Crippen molar-refractivity contribution in [1.29, 1.82) is 0 Å². The van der Waals surface area contributed by atoms with E-state index in [0.29, 0.717) is 10.7 Å². The van der Waals surface area contributed by atoms with Crippen molar-refractivity contribution in [3.63, 3.8) is 0 Å². The molecule has 3 nitrogen and oxygen atoms in total. The van der Waals surface area contributed by atoms with Crippen LogP contribution in [0.3, 0.4) is 0 Å². The molecule has 0 radical (unpaired) electrons. The van der Waals surface area contributed by atoms with E-state index in [9.17, 15) is 4.79 Å². The van der Waals surface area contributed by atoms with Crippen molar-refractivity contribution in [2.24, 2.45) is 0 Å². The van der Waals surface area contributed by atoms with Crippen LogP contribution < -0.4 is 10.6 Å². The van der Waals surface area contributed by atoms with Crippen molar-refractivity contribution in [2.45, 2.75) is 26.3 Å². The Morgan fingerprint density at radius 3 is 2.65 bits per heavy atom. The Hall–Kier alpha value is -0.330. The molecule has 2 N–H and O–H groups in total. The molecule has 0 unspecified atom stereocenters. The van der Waals surface area contributed by atoms with Gasteiger partial charge in [0.2, 0.25) is 5.91 Å². The molecule has 0 spiro atoms. The molecule has 1 aromatic carbocycles. The lowest BCUT2D eigenvalue weighted by Gasteiger charge is -2.24. The van der Waals surface area contributed by atoms with Gasteiger partial charge in [-0.1, -0.05) is 18.5 Å². The van der Waals surface area contributed by atoms with Crippen molar-refractivity contribution >= 4 is 45.8 Å². The van der Waals surface area contributed by atoms with Crippen LogP contribution in [0.4, 0.5) is 5.69 Å². The number of amides is 1. The molecule has 0 saturated carbocycles. The van der Waals surface area contributed by atoms with E-state index in [1.54, 1.807) is 0 Å². The lowest BCUT2D eigenvalue weighted by molar-refractivity contribution is -0.121. The zero-order valence-electron chi connectivity index (χ0n) is 10.1. The third-order valence-electron chi connectivity index (χ3n) is 2.37. The molecular weight excluding hydrogens is 351 g/mol. The molecule has 0 aliphatic carbocycles. The van der Waals surface area contributed by atoms with Gasteiger partial charge < -0.3 is 10.6 Å². The second kappa shape index (κ2) is 6.02. The van der Waals surface area contributed by atoms with E-state index in [0.717, 1.165) is 10.1 Å². The summed E-state index contributed by atoms with van der Waals surface area (Å²) in [6.07, 6.45) is 0. The highest BCUT2D eigenvalue weighted by atomic mass is 127. The van der Waals surface area contributed by atoms with Crippen molar-refractivity contribution < 1.29 is 4.79 Å². The zero-order valence-corrected chi connectivity index (χ0v) is 13.0.